The van der Waals surface area contributed by atoms with Crippen LogP contribution in [0.1, 0.15) is 5.82 Å². The van der Waals surface area contributed by atoms with Gasteiger partial charge in [-0.3, -0.25) is 0 Å². The lowest BCUT2D eigenvalue weighted by Crippen LogP contribution is -2.08. The third-order valence-corrected chi connectivity index (χ3v) is 3.69. The monoisotopic (exact) mass is 305 g/mol. The Labute approximate surface area is 113 Å². The van der Waals surface area contributed by atoms with E-state index >= 15 is 0 Å². The number of aromatic nitrogens is 3. The van der Waals surface area contributed by atoms with Gasteiger partial charge in [0, 0.05) is 18.9 Å². The molecule has 0 aliphatic rings. The molecule has 1 aromatic carbocycles. The quantitative estimate of drug-likeness (QED) is 0.850. The topological polar surface area (TPSA) is 64.8 Å². The largest absolute Gasteiger partial charge is 0.453 e. The minimum atomic E-state index is -4.62. The van der Waals surface area contributed by atoms with Crippen LogP contribution >= 0.6 is 0 Å². The summed E-state index contributed by atoms with van der Waals surface area (Å²) in [5.74, 6) is -1.22. The number of hydrogen-bond donors (Lipinski definition) is 0. The molecular weight excluding hydrogens is 295 g/mol. The van der Waals surface area contributed by atoms with Crippen LogP contribution in [0.5, 0.6) is 0 Å². The molecule has 0 spiro atoms. The van der Waals surface area contributed by atoms with Gasteiger partial charge in [-0.15, -0.1) is 5.10 Å². The minimum absolute atomic E-state index is 0.0115. The summed E-state index contributed by atoms with van der Waals surface area (Å²) < 4.78 is 61.1. The first-order valence-electron chi connectivity index (χ1n) is 5.38. The zero-order valence-electron chi connectivity index (χ0n) is 10.5. The number of hydrogen-bond acceptors (Lipinski definition) is 4. The highest BCUT2D eigenvalue weighted by Crippen LogP contribution is 2.28. The molecule has 0 radical (unpaired) electrons. The van der Waals surface area contributed by atoms with Gasteiger partial charge in [0.05, 0.1) is 4.90 Å². The molecule has 0 unspecified atom stereocenters. The van der Waals surface area contributed by atoms with Gasteiger partial charge in [0.1, 0.15) is 0 Å². The molecule has 2 rings (SSSR count). The molecule has 108 valence electrons. The third kappa shape index (κ3) is 2.82. The van der Waals surface area contributed by atoms with Gasteiger partial charge >= 0.3 is 6.18 Å². The Morgan fingerprint density at radius 2 is 1.70 bits per heavy atom. The minimum Gasteiger partial charge on any atom is -0.248 e. The zero-order valence-corrected chi connectivity index (χ0v) is 11.3. The molecule has 1 heterocycles. The number of halogens is 3. The summed E-state index contributed by atoms with van der Waals surface area (Å²) in [6, 6.07) is 5.40. The lowest BCUT2D eigenvalue weighted by molar-refractivity contribution is -0.144. The average Bonchev–Trinajstić information content (AvgIpc) is 2.70. The maximum atomic E-state index is 12.5. The number of sulfone groups is 1. The number of rotatable bonds is 2. The SMILES string of the molecule is Cn1nc(C(F)(F)F)nc1-c1ccc(S(C)(=O)=O)cc1. The van der Waals surface area contributed by atoms with Crippen molar-refractivity contribution in [1.29, 1.82) is 0 Å². The fourth-order valence-electron chi connectivity index (χ4n) is 1.61. The van der Waals surface area contributed by atoms with Crippen LogP contribution in [-0.4, -0.2) is 29.4 Å². The van der Waals surface area contributed by atoms with Gasteiger partial charge in [0.25, 0.3) is 5.82 Å². The van der Waals surface area contributed by atoms with E-state index in [1.165, 1.54) is 31.3 Å². The molecular formula is C11H10F3N3O2S. The second kappa shape index (κ2) is 4.58. The van der Waals surface area contributed by atoms with Crippen LogP contribution in [0.4, 0.5) is 13.2 Å². The van der Waals surface area contributed by atoms with Gasteiger partial charge in [-0.25, -0.2) is 18.1 Å². The maximum Gasteiger partial charge on any atom is 0.453 e. The summed E-state index contributed by atoms with van der Waals surface area (Å²) in [6.45, 7) is 0. The average molecular weight is 305 g/mol. The lowest BCUT2D eigenvalue weighted by Gasteiger charge is -2.02. The van der Waals surface area contributed by atoms with Crippen LogP contribution in [0.3, 0.4) is 0 Å². The molecule has 0 amide bonds. The fourth-order valence-corrected chi connectivity index (χ4v) is 2.24. The summed E-state index contributed by atoms with van der Waals surface area (Å²) in [7, 11) is -2.02. The van der Waals surface area contributed by atoms with Crippen LogP contribution < -0.4 is 0 Å². The Kier molecular flexibility index (Phi) is 3.32. The Morgan fingerprint density at radius 3 is 2.10 bits per heavy atom. The Balaban J connectivity index is 2.45. The summed E-state index contributed by atoms with van der Waals surface area (Å²) in [6.07, 6.45) is -3.57. The Morgan fingerprint density at radius 1 is 1.15 bits per heavy atom. The molecule has 9 heteroatoms. The Hall–Kier alpha value is -1.90. The van der Waals surface area contributed by atoms with Crippen LogP contribution in [0.15, 0.2) is 29.2 Å². The van der Waals surface area contributed by atoms with Crippen LogP contribution in [0.2, 0.25) is 0 Å². The third-order valence-electron chi connectivity index (χ3n) is 2.56. The van der Waals surface area contributed by atoms with Gasteiger partial charge < -0.3 is 0 Å². The molecule has 0 N–H and O–H groups in total. The molecule has 0 fully saturated rings. The van der Waals surface area contributed by atoms with Gasteiger partial charge in [-0.05, 0) is 24.3 Å². The van der Waals surface area contributed by atoms with Gasteiger partial charge in [-0.1, -0.05) is 0 Å². The maximum absolute atomic E-state index is 12.5. The van der Waals surface area contributed by atoms with Crippen molar-refractivity contribution in [3.05, 3.63) is 30.1 Å². The number of nitrogens with zero attached hydrogens (tertiary/aromatic N) is 3. The van der Waals surface area contributed by atoms with E-state index in [2.05, 4.69) is 10.1 Å². The molecule has 2 aromatic rings. The Bertz CT molecular complexity index is 733. The highest BCUT2D eigenvalue weighted by atomic mass is 32.2. The van der Waals surface area contributed by atoms with Crippen molar-refractivity contribution in [3.63, 3.8) is 0 Å². The van der Waals surface area contributed by atoms with Crippen molar-refractivity contribution in [3.8, 4) is 11.4 Å². The normalized spacial score (nSPS) is 12.7. The van der Waals surface area contributed by atoms with E-state index in [0.29, 0.717) is 5.56 Å². The predicted molar refractivity (Wildman–Crippen MR) is 64.6 cm³/mol. The summed E-state index contributed by atoms with van der Waals surface area (Å²) in [4.78, 5) is 3.50. The molecule has 5 nitrogen and oxygen atoms in total. The lowest BCUT2D eigenvalue weighted by atomic mass is 10.2. The molecule has 0 saturated carbocycles. The fraction of sp³-hybridized carbons (Fsp3) is 0.273. The van der Waals surface area contributed by atoms with Crippen molar-refractivity contribution in [2.75, 3.05) is 6.26 Å². The number of aryl methyl sites for hydroxylation is 1. The molecule has 20 heavy (non-hydrogen) atoms. The first kappa shape index (κ1) is 14.5. The van der Waals surface area contributed by atoms with E-state index in [1.807, 2.05) is 0 Å². The first-order valence-corrected chi connectivity index (χ1v) is 7.27. The van der Waals surface area contributed by atoms with Crippen molar-refractivity contribution >= 4 is 9.84 Å². The second-order valence-corrected chi connectivity index (χ2v) is 6.19. The molecule has 1 aromatic heterocycles. The van der Waals surface area contributed by atoms with E-state index < -0.39 is 21.8 Å². The predicted octanol–water partition coefficient (Wildman–Crippen LogP) is 1.90. The first-order chi connectivity index (χ1) is 9.09. The standard InChI is InChI=1S/C11H10F3N3O2S/c1-17-9(15-10(16-17)11(12,13)14)7-3-5-8(6-4-7)20(2,18)19/h3-6H,1-2H3. The van der Waals surface area contributed by atoms with Crippen LogP contribution in [0.25, 0.3) is 11.4 Å². The molecule has 0 bridgehead atoms. The number of benzene rings is 1. The van der Waals surface area contributed by atoms with Crippen LogP contribution in [-0.2, 0) is 23.1 Å². The summed E-state index contributed by atoms with van der Waals surface area (Å²) >= 11 is 0. The van der Waals surface area contributed by atoms with E-state index in [9.17, 15) is 21.6 Å². The van der Waals surface area contributed by atoms with Crippen molar-refractivity contribution in [1.82, 2.24) is 14.8 Å². The molecule has 0 atom stereocenters. The van der Waals surface area contributed by atoms with Gasteiger partial charge in [0.15, 0.2) is 15.7 Å². The highest BCUT2D eigenvalue weighted by molar-refractivity contribution is 7.90. The van der Waals surface area contributed by atoms with Crippen molar-refractivity contribution < 1.29 is 21.6 Å². The molecule has 0 aliphatic heterocycles. The smallest absolute Gasteiger partial charge is 0.248 e. The number of alkyl halides is 3. The van der Waals surface area contributed by atoms with E-state index in [1.54, 1.807) is 0 Å². The zero-order chi connectivity index (χ0) is 15.1. The molecule has 0 aliphatic carbocycles. The highest BCUT2D eigenvalue weighted by Gasteiger charge is 2.36. The van der Waals surface area contributed by atoms with E-state index in [-0.39, 0.29) is 10.7 Å². The summed E-state index contributed by atoms with van der Waals surface area (Å²) in [5, 5.41) is 3.29. The summed E-state index contributed by atoms with van der Waals surface area (Å²) in [5.41, 5.74) is 0.350. The van der Waals surface area contributed by atoms with Gasteiger partial charge in [0.2, 0.25) is 0 Å². The van der Waals surface area contributed by atoms with Crippen LogP contribution in [0, 0.1) is 0 Å². The second-order valence-electron chi connectivity index (χ2n) is 4.18. The molecule has 0 saturated heterocycles. The van der Waals surface area contributed by atoms with E-state index in [4.69, 9.17) is 0 Å². The van der Waals surface area contributed by atoms with E-state index in [0.717, 1.165) is 10.9 Å². The van der Waals surface area contributed by atoms with Crippen molar-refractivity contribution in [2.45, 2.75) is 11.1 Å². The van der Waals surface area contributed by atoms with Crippen molar-refractivity contribution in [2.24, 2.45) is 7.05 Å². The van der Waals surface area contributed by atoms with Gasteiger partial charge in [-0.2, -0.15) is 13.2 Å².